The molecule has 2 aromatic rings. The molecular weight excluding hydrogens is 352 g/mol. The smallest absolute Gasteiger partial charge is 0.197 e. The summed E-state index contributed by atoms with van der Waals surface area (Å²) in [6.45, 7) is 4.81. The van der Waals surface area contributed by atoms with Crippen molar-refractivity contribution in [3.05, 3.63) is 46.0 Å². The van der Waals surface area contributed by atoms with Crippen molar-refractivity contribution in [2.45, 2.75) is 32.2 Å². The van der Waals surface area contributed by atoms with Crippen molar-refractivity contribution in [1.29, 1.82) is 0 Å². The van der Waals surface area contributed by atoms with Gasteiger partial charge in [-0.15, -0.1) is 0 Å². The zero-order valence-electron chi connectivity index (χ0n) is 13.3. The van der Waals surface area contributed by atoms with Crippen LogP contribution in [0.1, 0.15) is 34.8 Å². The highest BCUT2D eigenvalue weighted by molar-refractivity contribution is 7.96. The van der Waals surface area contributed by atoms with E-state index in [0.29, 0.717) is 17.8 Å². The minimum Gasteiger partial charge on any atom is -0.359 e. The highest BCUT2D eigenvalue weighted by atomic mass is 32.2. The molecule has 24 heavy (non-hydrogen) atoms. The SMILES string of the molecule is CC(C)Nc1nc2c(s1)CN(SCc1cccc(F)c1F)CC2=O. The fourth-order valence-electron chi connectivity index (χ4n) is 2.35. The van der Waals surface area contributed by atoms with E-state index in [2.05, 4.69) is 10.3 Å². The second-order valence-electron chi connectivity index (χ2n) is 5.80. The molecule has 0 amide bonds. The van der Waals surface area contributed by atoms with Crippen LogP contribution in [0.5, 0.6) is 0 Å². The molecule has 1 aromatic carbocycles. The molecule has 1 aromatic heterocycles. The maximum absolute atomic E-state index is 13.7. The van der Waals surface area contributed by atoms with E-state index >= 15 is 0 Å². The number of thiazole rings is 1. The maximum Gasteiger partial charge on any atom is 0.197 e. The molecule has 4 nitrogen and oxygen atoms in total. The predicted molar refractivity (Wildman–Crippen MR) is 93.3 cm³/mol. The van der Waals surface area contributed by atoms with Crippen molar-refractivity contribution in [3.8, 4) is 0 Å². The van der Waals surface area contributed by atoms with Crippen LogP contribution in [0.15, 0.2) is 18.2 Å². The Bertz CT molecular complexity index is 764. The van der Waals surface area contributed by atoms with Gasteiger partial charge in [-0.3, -0.25) is 4.79 Å². The zero-order chi connectivity index (χ0) is 17.3. The molecule has 0 spiro atoms. The van der Waals surface area contributed by atoms with Crippen molar-refractivity contribution in [2.24, 2.45) is 0 Å². The minimum atomic E-state index is -0.850. The molecule has 1 aliphatic rings. The molecule has 0 radical (unpaired) electrons. The molecule has 0 bridgehead atoms. The first-order valence-electron chi connectivity index (χ1n) is 7.54. The van der Waals surface area contributed by atoms with Gasteiger partial charge in [-0.2, -0.15) is 0 Å². The van der Waals surface area contributed by atoms with Gasteiger partial charge in [0.1, 0.15) is 5.69 Å². The van der Waals surface area contributed by atoms with Gasteiger partial charge in [-0.25, -0.2) is 18.1 Å². The predicted octanol–water partition coefficient (Wildman–Crippen LogP) is 4.09. The van der Waals surface area contributed by atoms with Gasteiger partial charge < -0.3 is 5.32 Å². The topological polar surface area (TPSA) is 45.2 Å². The normalized spacial score (nSPS) is 15.0. The van der Waals surface area contributed by atoms with E-state index in [9.17, 15) is 13.6 Å². The average molecular weight is 369 g/mol. The largest absolute Gasteiger partial charge is 0.359 e. The summed E-state index contributed by atoms with van der Waals surface area (Å²) in [5.41, 5.74) is 0.821. The Balaban J connectivity index is 1.68. The molecule has 1 aliphatic heterocycles. The van der Waals surface area contributed by atoms with E-state index < -0.39 is 11.6 Å². The number of Topliss-reactive ketones (excluding diaryl/α,β-unsaturated/α-hetero) is 1. The first kappa shape index (κ1) is 17.3. The molecule has 0 unspecified atom stereocenters. The Labute approximate surface area is 147 Å². The van der Waals surface area contributed by atoms with Crippen molar-refractivity contribution in [3.63, 3.8) is 0 Å². The van der Waals surface area contributed by atoms with Crippen LogP contribution in [0.4, 0.5) is 13.9 Å². The highest BCUT2D eigenvalue weighted by Crippen LogP contribution is 2.32. The third-order valence-electron chi connectivity index (χ3n) is 3.45. The monoisotopic (exact) mass is 369 g/mol. The van der Waals surface area contributed by atoms with E-state index in [-0.39, 0.29) is 24.1 Å². The van der Waals surface area contributed by atoms with Gasteiger partial charge in [-0.1, -0.05) is 35.4 Å². The van der Waals surface area contributed by atoms with Gasteiger partial charge in [0.15, 0.2) is 22.5 Å². The number of nitrogens with zero attached hydrogens (tertiary/aromatic N) is 2. The summed E-state index contributed by atoms with van der Waals surface area (Å²) in [5, 5.41) is 3.95. The number of aromatic nitrogens is 1. The summed E-state index contributed by atoms with van der Waals surface area (Å²) in [5.74, 6) is -1.44. The van der Waals surface area contributed by atoms with Crippen LogP contribution in [0.2, 0.25) is 0 Å². The molecule has 0 fully saturated rings. The number of carbonyl (C=O) groups excluding carboxylic acids is 1. The Hall–Kier alpha value is -1.51. The van der Waals surface area contributed by atoms with E-state index in [1.54, 1.807) is 6.07 Å². The molecule has 0 aliphatic carbocycles. The number of hydrogen-bond acceptors (Lipinski definition) is 6. The molecule has 0 saturated heterocycles. The number of fused-ring (bicyclic) bond motifs is 1. The lowest BCUT2D eigenvalue weighted by Crippen LogP contribution is -2.29. The van der Waals surface area contributed by atoms with Gasteiger partial charge in [-0.05, 0) is 19.9 Å². The number of ketones is 1. The number of nitrogens with one attached hydrogen (secondary N) is 1. The first-order valence-corrected chi connectivity index (χ1v) is 9.30. The number of hydrogen-bond donors (Lipinski definition) is 1. The van der Waals surface area contributed by atoms with Gasteiger partial charge in [0.25, 0.3) is 0 Å². The van der Waals surface area contributed by atoms with Gasteiger partial charge in [0.05, 0.1) is 11.4 Å². The van der Waals surface area contributed by atoms with Crippen molar-refractivity contribution >= 4 is 34.2 Å². The summed E-state index contributed by atoms with van der Waals surface area (Å²) in [7, 11) is 0. The number of anilines is 1. The summed E-state index contributed by atoms with van der Waals surface area (Å²) in [6.07, 6.45) is 0. The fraction of sp³-hybridized carbons (Fsp3) is 0.375. The Morgan fingerprint density at radius 2 is 2.17 bits per heavy atom. The Morgan fingerprint density at radius 3 is 2.92 bits per heavy atom. The standard InChI is InChI=1S/C16H17F2N3OS2/c1-9(2)19-16-20-15-12(22)6-21(7-13(15)24-16)23-8-10-4-3-5-11(17)14(10)18/h3-5,9H,6-8H2,1-2H3,(H,19,20). The van der Waals surface area contributed by atoms with Crippen LogP contribution >= 0.6 is 23.3 Å². The summed E-state index contributed by atoms with van der Waals surface area (Å²) in [6, 6.07) is 4.39. The lowest BCUT2D eigenvalue weighted by atomic mass is 10.2. The third-order valence-corrected chi connectivity index (χ3v) is 5.48. The molecule has 3 rings (SSSR count). The Kier molecular flexibility index (Phi) is 5.17. The Morgan fingerprint density at radius 1 is 1.38 bits per heavy atom. The molecular formula is C16H17F2N3OS2. The van der Waals surface area contributed by atoms with Crippen molar-refractivity contribution < 1.29 is 13.6 Å². The van der Waals surface area contributed by atoms with E-state index in [1.165, 1.54) is 29.4 Å². The summed E-state index contributed by atoms with van der Waals surface area (Å²) in [4.78, 5) is 17.5. The zero-order valence-corrected chi connectivity index (χ0v) is 14.9. The quantitative estimate of drug-likeness (QED) is 0.805. The van der Waals surface area contributed by atoms with Crippen molar-refractivity contribution in [1.82, 2.24) is 9.29 Å². The van der Waals surface area contributed by atoms with Crippen LogP contribution in [0.3, 0.4) is 0 Å². The highest BCUT2D eigenvalue weighted by Gasteiger charge is 2.28. The first-order chi connectivity index (χ1) is 11.4. The molecule has 1 N–H and O–H groups in total. The van der Waals surface area contributed by atoms with Crippen LogP contribution < -0.4 is 5.32 Å². The number of rotatable bonds is 5. The van der Waals surface area contributed by atoms with Gasteiger partial charge in [0, 0.05) is 23.9 Å². The maximum atomic E-state index is 13.7. The van der Waals surface area contributed by atoms with Crippen LogP contribution in [-0.4, -0.2) is 27.7 Å². The van der Waals surface area contributed by atoms with Crippen molar-refractivity contribution in [2.75, 3.05) is 11.9 Å². The van der Waals surface area contributed by atoms with Crippen LogP contribution in [0, 0.1) is 11.6 Å². The van der Waals surface area contributed by atoms with E-state index in [1.807, 2.05) is 18.2 Å². The summed E-state index contributed by atoms with van der Waals surface area (Å²) < 4.78 is 28.8. The lowest BCUT2D eigenvalue weighted by Gasteiger charge is -2.23. The number of carbonyl (C=O) groups is 1. The second kappa shape index (κ2) is 7.16. The average Bonchev–Trinajstić information content (AvgIpc) is 2.91. The molecule has 0 saturated carbocycles. The fourth-order valence-corrected chi connectivity index (χ4v) is 4.55. The lowest BCUT2D eigenvalue weighted by molar-refractivity contribution is 0.0951. The van der Waals surface area contributed by atoms with E-state index in [4.69, 9.17) is 0 Å². The molecule has 2 heterocycles. The third kappa shape index (κ3) is 3.76. The van der Waals surface area contributed by atoms with E-state index in [0.717, 1.165) is 16.1 Å². The molecule has 128 valence electrons. The minimum absolute atomic E-state index is 0.0449. The molecule has 0 atom stereocenters. The summed E-state index contributed by atoms with van der Waals surface area (Å²) >= 11 is 2.79. The van der Waals surface area contributed by atoms with Crippen LogP contribution in [0.25, 0.3) is 0 Å². The van der Waals surface area contributed by atoms with Gasteiger partial charge in [0.2, 0.25) is 0 Å². The number of halogens is 2. The van der Waals surface area contributed by atoms with Crippen LogP contribution in [-0.2, 0) is 12.3 Å². The number of benzene rings is 1. The second-order valence-corrected chi connectivity index (χ2v) is 7.94. The van der Waals surface area contributed by atoms with Gasteiger partial charge >= 0.3 is 0 Å². The molecule has 8 heteroatoms.